The second kappa shape index (κ2) is 14.9. The second-order valence-corrected chi connectivity index (χ2v) is 4.89. The molecule has 0 spiro atoms. The van der Waals surface area contributed by atoms with Crippen molar-refractivity contribution in [2.45, 2.75) is 58.8 Å². The number of amides is 2. The van der Waals surface area contributed by atoms with Gasteiger partial charge < -0.3 is 20.1 Å². The molecule has 124 valence electrons. The molecular formula is C15H30N2O4. The van der Waals surface area contributed by atoms with Crippen LogP contribution >= 0.6 is 0 Å². The van der Waals surface area contributed by atoms with E-state index in [4.69, 9.17) is 9.47 Å². The minimum atomic E-state index is -0.352. The summed E-state index contributed by atoms with van der Waals surface area (Å²) in [5.74, 6) is 0. The lowest BCUT2D eigenvalue weighted by atomic mass is 10.2. The van der Waals surface area contributed by atoms with Crippen LogP contribution in [0.25, 0.3) is 0 Å². The van der Waals surface area contributed by atoms with Gasteiger partial charge in [-0.15, -0.1) is 0 Å². The Morgan fingerprint density at radius 3 is 1.81 bits per heavy atom. The molecule has 0 aromatic carbocycles. The first kappa shape index (κ1) is 19.5. The van der Waals surface area contributed by atoms with Crippen molar-refractivity contribution in [1.29, 1.82) is 0 Å². The van der Waals surface area contributed by atoms with Gasteiger partial charge in [0.25, 0.3) is 0 Å². The molecule has 0 aromatic rings. The number of unbranched alkanes of at least 4 members (excludes halogenated alkanes) is 4. The molecule has 0 heterocycles. The fraction of sp³-hybridized carbons (Fsp3) is 0.867. The zero-order chi connectivity index (χ0) is 15.8. The van der Waals surface area contributed by atoms with Gasteiger partial charge in [0.1, 0.15) is 0 Å². The molecular weight excluding hydrogens is 272 g/mol. The van der Waals surface area contributed by atoms with E-state index in [0.29, 0.717) is 26.3 Å². The largest absolute Gasteiger partial charge is 0.450 e. The van der Waals surface area contributed by atoms with Crippen molar-refractivity contribution in [1.82, 2.24) is 10.6 Å². The van der Waals surface area contributed by atoms with Crippen LogP contribution in [0.15, 0.2) is 0 Å². The molecule has 0 bridgehead atoms. The van der Waals surface area contributed by atoms with Crippen molar-refractivity contribution in [3.8, 4) is 0 Å². The summed E-state index contributed by atoms with van der Waals surface area (Å²) in [6.07, 6.45) is 5.78. The Kier molecular flexibility index (Phi) is 13.9. The first-order valence-corrected chi connectivity index (χ1v) is 8.02. The zero-order valence-electron chi connectivity index (χ0n) is 13.4. The van der Waals surface area contributed by atoms with Crippen molar-refractivity contribution in [2.75, 3.05) is 26.3 Å². The molecule has 2 N–H and O–H groups in total. The predicted octanol–water partition coefficient (Wildman–Crippen LogP) is 3.21. The van der Waals surface area contributed by atoms with Gasteiger partial charge in [0, 0.05) is 13.1 Å². The lowest BCUT2D eigenvalue weighted by Crippen LogP contribution is -2.26. The summed E-state index contributed by atoms with van der Waals surface area (Å²) in [7, 11) is 0. The van der Waals surface area contributed by atoms with Crippen molar-refractivity contribution in [3.05, 3.63) is 0 Å². The van der Waals surface area contributed by atoms with Crippen molar-refractivity contribution in [3.63, 3.8) is 0 Å². The molecule has 0 aliphatic heterocycles. The molecule has 0 radical (unpaired) electrons. The van der Waals surface area contributed by atoms with E-state index in [9.17, 15) is 9.59 Å². The Labute approximate surface area is 127 Å². The highest BCUT2D eigenvalue weighted by molar-refractivity contribution is 5.67. The van der Waals surface area contributed by atoms with Gasteiger partial charge in [-0.05, 0) is 32.1 Å². The molecule has 6 nitrogen and oxygen atoms in total. The molecule has 0 rings (SSSR count). The number of carbonyl (C=O) groups excluding carboxylic acids is 2. The molecule has 2 amide bonds. The Hall–Kier alpha value is -1.46. The van der Waals surface area contributed by atoms with Crippen LogP contribution in [-0.4, -0.2) is 38.5 Å². The molecule has 0 atom stereocenters. The minimum absolute atomic E-state index is 0.346. The minimum Gasteiger partial charge on any atom is -0.450 e. The molecule has 0 aliphatic carbocycles. The standard InChI is InChI=1S/C15H30N2O4/c1-3-5-10-16-14(18)21-13-9-7-8-11-17-15(19)20-12-6-4-2/h3-13H2,1-2H3,(H,16,18)(H,17,19). The number of hydrogen-bond donors (Lipinski definition) is 2. The average Bonchev–Trinajstić information content (AvgIpc) is 2.47. The van der Waals surface area contributed by atoms with Crippen LogP contribution < -0.4 is 10.6 Å². The summed E-state index contributed by atoms with van der Waals surface area (Å²) in [6.45, 7) is 6.27. The van der Waals surface area contributed by atoms with Gasteiger partial charge in [0.05, 0.1) is 13.2 Å². The van der Waals surface area contributed by atoms with Gasteiger partial charge in [-0.1, -0.05) is 26.7 Å². The van der Waals surface area contributed by atoms with E-state index in [0.717, 1.165) is 44.9 Å². The SMILES string of the molecule is CCCCNC(=O)OCCCCCNC(=O)OCCCC. The molecule has 0 unspecified atom stereocenters. The van der Waals surface area contributed by atoms with E-state index in [-0.39, 0.29) is 12.2 Å². The normalized spacial score (nSPS) is 10.0. The highest BCUT2D eigenvalue weighted by atomic mass is 16.6. The van der Waals surface area contributed by atoms with E-state index in [1.165, 1.54) is 0 Å². The molecule has 0 saturated carbocycles. The second-order valence-electron chi connectivity index (χ2n) is 4.89. The summed E-state index contributed by atoms with van der Waals surface area (Å²) in [4.78, 5) is 22.4. The predicted molar refractivity (Wildman–Crippen MR) is 82.4 cm³/mol. The first-order chi connectivity index (χ1) is 10.2. The van der Waals surface area contributed by atoms with Crippen molar-refractivity contribution >= 4 is 12.2 Å². The maximum absolute atomic E-state index is 11.2. The fourth-order valence-electron chi connectivity index (χ4n) is 1.54. The number of hydrogen-bond acceptors (Lipinski definition) is 4. The smallest absolute Gasteiger partial charge is 0.407 e. The van der Waals surface area contributed by atoms with Crippen LogP contribution in [0.5, 0.6) is 0 Å². The van der Waals surface area contributed by atoms with Crippen LogP contribution in [-0.2, 0) is 9.47 Å². The third-order valence-corrected chi connectivity index (χ3v) is 2.85. The van der Waals surface area contributed by atoms with E-state index in [1.54, 1.807) is 0 Å². The summed E-state index contributed by atoms with van der Waals surface area (Å²) < 4.78 is 9.98. The van der Waals surface area contributed by atoms with Crippen LogP contribution in [0.3, 0.4) is 0 Å². The maximum Gasteiger partial charge on any atom is 0.407 e. The molecule has 0 aromatic heterocycles. The highest BCUT2D eigenvalue weighted by Gasteiger charge is 2.01. The first-order valence-electron chi connectivity index (χ1n) is 8.02. The van der Waals surface area contributed by atoms with E-state index < -0.39 is 0 Å². The van der Waals surface area contributed by atoms with Gasteiger partial charge >= 0.3 is 12.2 Å². The van der Waals surface area contributed by atoms with E-state index in [2.05, 4.69) is 17.6 Å². The van der Waals surface area contributed by atoms with Crippen molar-refractivity contribution in [2.24, 2.45) is 0 Å². The summed E-state index contributed by atoms with van der Waals surface area (Å²) in [5, 5.41) is 5.38. The Bertz CT molecular complexity index is 246. The van der Waals surface area contributed by atoms with Crippen molar-refractivity contribution < 1.29 is 19.1 Å². The molecule has 0 aliphatic rings. The maximum atomic E-state index is 11.2. The number of ether oxygens (including phenoxy) is 2. The van der Waals surface area contributed by atoms with Gasteiger partial charge in [-0.2, -0.15) is 0 Å². The monoisotopic (exact) mass is 302 g/mol. The molecule has 0 saturated heterocycles. The van der Waals surface area contributed by atoms with E-state index >= 15 is 0 Å². The Balaban J connectivity index is 3.24. The summed E-state index contributed by atoms with van der Waals surface area (Å²) in [5.41, 5.74) is 0. The third kappa shape index (κ3) is 14.8. The Morgan fingerprint density at radius 1 is 0.714 bits per heavy atom. The van der Waals surface area contributed by atoms with Crippen LogP contribution in [0, 0.1) is 0 Å². The molecule has 21 heavy (non-hydrogen) atoms. The number of nitrogens with one attached hydrogen (secondary N) is 2. The number of carbonyl (C=O) groups is 2. The number of rotatable bonds is 12. The zero-order valence-corrected chi connectivity index (χ0v) is 13.4. The summed E-state index contributed by atoms with van der Waals surface area (Å²) >= 11 is 0. The summed E-state index contributed by atoms with van der Waals surface area (Å²) in [6, 6.07) is 0. The van der Waals surface area contributed by atoms with Gasteiger partial charge in [0.2, 0.25) is 0 Å². The molecule has 6 heteroatoms. The highest BCUT2D eigenvalue weighted by Crippen LogP contribution is 1.96. The van der Waals surface area contributed by atoms with Gasteiger partial charge in [0.15, 0.2) is 0 Å². The van der Waals surface area contributed by atoms with E-state index in [1.807, 2.05) is 6.92 Å². The quantitative estimate of drug-likeness (QED) is 0.543. The average molecular weight is 302 g/mol. The van der Waals surface area contributed by atoms with Crippen LogP contribution in [0.4, 0.5) is 9.59 Å². The number of alkyl carbamates (subject to hydrolysis) is 2. The third-order valence-electron chi connectivity index (χ3n) is 2.85. The van der Waals surface area contributed by atoms with Gasteiger partial charge in [-0.3, -0.25) is 0 Å². The lowest BCUT2D eigenvalue weighted by molar-refractivity contribution is 0.142. The van der Waals surface area contributed by atoms with Crippen LogP contribution in [0.1, 0.15) is 58.8 Å². The van der Waals surface area contributed by atoms with Gasteiger partial charge in [-0.25, -0.2) is 9.59 Å². The molecule has 0 fully saturated rings. The Morgan fingerprint density at radius 2 is 1.24 bits per heavy atom. The van der Waals surface area contributed by atoms with Crippen LogP contribution in [0.2, 0.25) is 0 Å². The fourth-order valence-corrected chi connectivity index (χ4v) is 1.54. The lowest BCUT2D eigenvalue weighted by Gasteiger charge is -2.07. The topological polar surface area (TPSA) is 76.7 Å².